The smallest absolute Gasteiger partial charge is 0.238 e. The third kappa shape index (κ3) is 6.45. The monoisotopic (exact) mass is 538 g/mol. The molecular formula is C29H38N4O4S. The van der Waals surface area contributed by atoms with Crippen molar-refractivity contribution in [2.45, 2.75) is 68.3 Å². The lowest BCUT2D eigenvalue weighted by atomic mass is 9.84. The van der Waals surface area contributed by atoms with Gasteiger partial charge in [0.05, 0.1) is 11.3 Å². The quantitative estimate of drug-likeness (QED) is 0.501. The number of sulfonamides is 1. The van der Waals surface area contributed by atoms with Gasteiger partial charge in [-0.05, 0) is 68.4 Å². The first kappa shape index (κ1) is 26.8. The van der Waals surface area contributed by atoms with E-state index in [1.807, 2.05) is 35.2 Å². The zero-order valence-electron chi connectivity index (χ0n) is 21.9. The molecule has 1 heterocycles. The van der Waals surface area contributed by atoms with Crippen molar-refractivity contribution in [3.8, 4) is 0 Å². The van der Waals surface area contributed by atoms with Crippen LogP contribution in [0.5, 0.6) is 0 Å². The maximum atomic E-state index is 13.3. The summed E-state index contributed by atoms with van der Waals surface area (Å²) in [4.78, 5) is 33.0. The molecule has 9 heteroatoms. The van der Waals surface area contributed by atoms with Crippen LogP contribution in [0.4, 0.5) is 5.69 Å². The lowest BCUT2D eigenvalue weighted by molar-refractivity contribution is -0.134. The van der Waals surface area contributed by atoms with Gasteiger partial charge in [0.15, 0.2) is 0 Å². The average molecular weight is 539 g/mol. The zero-order valence-corrected chi connectivity index (χ0v) is 22.7. The molecule has 2 aliphatic carbocycles. The third-order valence-corrected chi connectivity index (χ3v) is 9.14. The predicted molar refractivity (Wildman–Crippen MR) is 147 cm³/mol. The van der Waals surface area contributed by atoms with Gasteiger partial charge < -0.3 is 14.7 Å². The Balaban J connectivity index is 1.15. The molecule has 0 bridgehead atoms. The lowest BCUT2D eigenvalue weighted by Gasteiger charge is -2.40. The van der Waals surface area contributed by atoms with Gasteiger partial charge in [-0.1, -0.05) is 36.8 Å². The topological polar surface area (TPSA) is 104 Å². The summed E-state index contributed by atoms with van der Waals surface area (Å²) in [5, 5.41) is 5.19. The molecule has 2 aromatic rings. The van der Waals surface area contributed by atoms with Crippen molar-refractivity contribution >= 4 is 27.5 Å². The number of hydrogen-bond acceptors (Lipinski definition) is 5. The van der Waals surface area contributed by atoms with Crippen LogP contribution in [0.15, 0.2) is 59.5 Å². The van der Waals surface area contributed by atoms with Gasteiger partial charge in [0, 0.05) is 49.9 Å². The molecule has 1 saturated heterocycles. The fourth-order valence-electron chi connectivity index (χ4n) is 5.63. The average Bonchev–Trinajstić information content (AvgIpc) is 3.70. The third-order valence-electron chi connectivity index (χ3n) is 8.21. The molecule has 38 heavy (non-hydrogen) atoms. The highest BCUT2D eigenvalue weighted by molar-refractivity contribution is 7.89. The van der Waals surface area contributed by atoms with E-state index in [0.29, 0.717) is 12.6 Å². The van der Waals surface area contributed by atoms with Crippen LogP contribution in [0.3, 0.4) is 0 Å². The Kier molecular flexibility index (Phi) is 8.16. The van der Waals surface area contributed by atoms with E-state index in [4.69, 9.17) is 5.14 Å². The van der Waals surface area contributed by atoms with Crippen LogP contribution >= 0.6 is 0 Å². The maximum absolute atomic E-state index is 13.3. The number of rotatable bonds is 10. The molecular weight excluding hydrogens is 500 g/mol. The summed E-state index contributed by atoms with van der Waals surface area (Å²) in [5.41, 5.74) is 1.77. The predicted octanol–water partition coefficient (Wildman–Crippen LogP) is 3.17. The molecule has 204 valence electrons. The Morgan fingerprint density at radius 1 is 0.868 bits per heavy atom. The Morgan fingerprint density at radius 2 is 1.50 bits per heavy atom. The fraction of sp³-hybridized carbons (Fsp3) is 0.517. The molecule has 2 N–H and O–H groups in total. The molecule has 5 rings (SSSR count). The summed E-state index contributed by atoms with van der Waals surface area (Å²) in [7, 11) is -3.75. The number of carbonyl (C=O) groups excluding carboxylic acids is 2. The van der Waals surface area contributed by atoms with Crippen LogP contribution in [0.2, 0.25) is 0 Å². The van der Waals surface area contributed by atoms with E-state index in [0.717, 1.165) is 75.8 Å². The van der Waals surface area contributed by atoms with Gasteiger partial charge in [-0.15, -0.1) is 0 Å². The number of piperidine rings is 1. The summed E-state index contributed by atoms with van der Waals surface area (Å²) in [6, 6.07) is 16.8. The highest BCUT2D eigenvalue weighted by Crippen LogP contribution is 2.33. The zero-order chi connectivity index (χ0) is 26.7. The molecule has 3 fully saturated rings. The minimum atomic E-state index is -3.75. The van der Waals surface area contributed by atoms with Crippen LogP contribution in [-0.4, -0.2) is 68.3 Å². The maximum Gasteiger partial charge on any atom is 0.238 e. The van der Waals surface area contributed by atoms with Gasteiger partial charge >= 0.3 is 0 Å². The van der Waals surface area contributed by atoms with Crippen molar-refractivity contribution in [2.75, 3.05) is 31.1 Å². The SMILES string of the molecule is NS(=O)(=O)c1ccc(CC(=O)N(C2CC2)C2CCN(CCN(C(=O)C3CCC3)c3ccccc3)CC2)cc1. The number of nitrogens with zero attached hydrogens (tertiary/aromatic N) is 3. The first-order valence-electron chi connectivity index (χ1n) is 13.8. The number of carbonyl (C=O) groups is 2. The minimum Gasteiger partial charge on any atom is -0.336 e. The van der Waals surface area contributed by atoms with E-state index in [2.05, 4.69) is 9.80 Å². The van der Waals surface area contributed by atoms with Gasteiger partial charge in [0.2, 0.25) is 21.8 Å². The van der Waals surface area contributed by atoms with Crippen molar-refractivity contribution in [3.63, 3.8) is 0 Å². The number of primary sulfonamides is 1. The van der Waals surface area contributed by atoms with Crippen molar-refractivity contribution < 1.29 is 18.0 Å². The first-order valence-corrected chi connectivity index (χ1v) is 15.4. The number of benzene rings is 2. The van der Waals surface area contributed by atoms with Crippen molar-refractivity contribution in [1.29, 1.82) is 0 Å². The molecule has 0 spiro atoms. The van der Waals surface area contributed by atoms with Gasteiger partial charge in [-0.3, -0.25) is 9.59 Å². The second-order valence-corrected chi connectivity index (χ2v) is 12.5. The van der Waals surface area contributed by atoms with E-state index in [1.54, 1.807) is 12.1 Å². The Morgan fingerprint density at radius 3 is 2.05 bits per heavy atom. The van der Waals surface area contributed by atoms with Gasteiger partial charge in [0.25, 0.3) is 0 Å². The molecule has 3 aliphatic rings. The summed E-state index contributed by atoms with van der Waals surface area (Å²) in [6.45, 7) is 3.33. The van der Waals surface area contributed by atoms with Crippen LogP contribution in [0.1, 0.15) is 50.5 Å². The van der Waals surface area contributed by atoms with Crippen molar-refractivity contribution in [1.82, 2.24) is 9.80 Å². The largest absolute Gasteiger partial charge is 0.336 e. The Bertz CT molecular complexity index is 1220. The fourth-order valence-corrected chi connectivity index (χ4v) is 6.15. The number of para-hydroxylation sites is 1. The standard InChI is InChI=1S/C29H38N4O4S/c30-38(36,37)27-13-9-22(10-14-27)21-28(34)33(25-11-12-25)26-15-17-31(18-16-26)19-20-32(24-7-2-1-3-8-24)29(35)23-5-4-6-23/h1-3,7-10,13-14,23,25-26H,4-6,11-12,15-21H2,(H2,30,36,37). The Labute approximate surface area is 225 Å². The second-order valence-electron chi connectivity index (χ2n) is 10.9. The van der Waals surface area contributed by atoms with E-state index >= 15 is 0 Å². The summed E-state index contributed by atoms with van der Waals surface area (Å²) >= 11 is 0. The summed E-state index contributed by atoms with van der Waals surface area (Å²) < 4.78 is 23.0. The molecule has 0 aromatic heterocycles. The molecule has 2 aromatic carbocycles. The highest BCUT2D eigenvalue weighted by atomic mass is 32.2. The van der Waals surface area contributed by atoms with Crippen molar-refractivity contribution in [3.05, 3.63) is 60.2 Å². The first-order chi connectivity index (χ1) is 18.3. The molecule has 0 unspecified atom stereocenters. The summed E-state index contributed by atoms with van der Waals surface area (Å²) in [6.07, 6.45) is 7.34. The minimum absolute atomic E-state index is 0.0559. The summed E-state index contributed by atoms with van der Waals surface area (Å²) in [5.74, 6) is 0.519. The molecule has 1 aliphatic heterocycles. The van der Waals surface area contributed by atoms with E-state index in [9.17, 15) is 18.0 Å². The second kappa shape index (κ2) is 11.6. The number of hydrogen-bond donors (Lipinski definition) is 1. The number of nitrogens with two attached hydrogens (primary N) is 1. The van der Waals surface area contributed by atoms with E-state index < -0.39 is 10.0 Å². The van der Waals surface area contributed by atoms with E-state index in [1.165, 1.54) is 12.1 Å². The van der Waals surface area contributed by atoms with E-state index in [-0.39, 0.29) is 35.1 Å². The molecule has 8 nitrogen and oxygen atoms in total. The van der Waals surface area contributed by atoms with Crippen LogP contribution in [-0.2, 0) is 26.0 Å². The van der Waals surface area contributed by atoms with Crippen molar-refractivity contribution in [2.24, 2.45) is 11.1 Å². The van der Waals surface area contributed by atoms with Crippen LogP contribution < -0.4 is 10.0 Å². The number of likely N-dealkylation sites (tertiary alicyclic amines) is 1. The number of anilines is 1. The van der Waals surface area contributed by atoms with Crippen LogP contribution in [0, 0.1) is 5.92 Å². The van der Waals surface area contributed by atoms with Crippen LogP contribution in [0.25, 0.3) is 0 Å². The molecule has 2 amide bonds. The van der Waals surface area contributed by atoms with Gasteiger partial charge in [0.1, 0.15) is 0 Å². The highest BCUT2D eigenvalue weighted by Gasteiger charge is 2.38. The molecule has 0 radical (unpaired) electrons. The molecule has 0 atom stereocenters. The van der Waals surface area contributed by atoms with Gasteiger partial charge in [-0.2, -0.15) is 0 Å². The number of amides is 2. The normalized spacial score (nSPS) is 19.1. The van der Waals surface area contributed by atoms with Gasteiger partial charge in [-0.25, -0.2) is 13.6 Å². The Hall–Kier alpha value is -2.75. The lowest BCUT2D eigenvalue weighted by Crippen LogP contribution is -2.50. The molecule has 2 saturated carbocycles.